The maximum absolute atomic E-state index is 12.0. The van der Waals surface area contributed by atoms with Crippen molar-refractivity contribution < 1.29 is 37.9 Å². The summed E-state index contributed by atoms with van der Waals surface area (Å²) in [4.78, 5) is 33.7. The average Bonchev–Trinajstić information content (AvgIpc) is 3.05. The van der Waals surface area contributed by atoms with Gasteiger partial charge in [-0.2, -0.15) is 0 Å². The molecule has 0 heterocycles. The second-order valence-electron chi connectivity index (χ2n) is 12.9. The normalized spacial score (nSPS) is 13.5. The van der Waals surface area contributed by atoms with Gasteiger partial charge in [-0.15, -0.1) is 0 Å². The van der Waals surface area contributed by atoms with E-state index in [0.29, 0.717) is 6.42 Å². The summed E-state index contributed by atoms with van der Waals surface area (Å²) in [5.74, 6) is -0.522. The molecule has 0 aromatic carbocycles. The topological polar surface area (TPSA) is 131 Å². The van der Waals surface area contributed by atoms with E-state index in [1.807, 2.05) is 0 Å². The van der Waals surface area contributed by atoms with Gasteiger partial charge in [0.1, 0.15) is 12.7 Å². The summed E-state index contributed by atoms with van der Waals surface area (Å²) in [6.07, 6.45) is 32.8. The molecule has 0 fully saturated rings. The zero-order chi connectivity index (χ0) is 34.7. The van der Waals surface area contributed by atoms with E-state index in [-0.39, 0.29) is 32.1 Å². The van der Waals surface area contributed by atoms with E-state index >= 15 is 0 Å². The van der Waals surface area contributed by atoms with Crippen molar-refractivity contribution in [2.75, 3.05) is 26.4 Å². The number of aliphatic hydroxyl groups is 1. The van der Waals surface area contributed by atoms with E-state index in [4.69, 9.17) is 13.8 Å². The highest BCUT2D eigenvalue weighted by molar-refractivity contribution is 7.47. The molecule has 0 aromatic rings. The first-order valence-electron chi connectivity index (χ1n) is 19.2. The zero-order valence-corrected chi connectivity index (χ0v) is 31.1. The fourth-order valence-corrected chi connectivity index (χ4v) is 6.00. The molecular weight excluding hydrogens is 617 g/mol. The van der Waals surface area contributed by atoms with Gasteiger partial charge in [0, 0.05) is 19.4 Å². The summed E-state index contributed by atoms with van der Waals surface area (Å²) >= 11 is 0. The molecule has 9 nitrogen and oxygen atoms in total. The Balaban J connectivity index is 3.61. The summed E-state index contributed by atoms with van der Waals surface area (Å²) in [6.45, 7) is 3.51. The number of carbonyl (C=O) groups is 2. The van der Waals surface area contributed by atoms with Gasteiger partial charge in [0.25, 0.3) is 0 Å². The van der Waals surface area contributed by atoms with Crippen LogP contribution < -0.4 is 5.32 Å². The van der Waals surface area contributed by atoms with E-state index in [0.717, 1.165) is 51.4 Å². The van der Waals surface area contributed by atoms with Crippen LogP contribution in [-0.4, -0.2) is 54.3 Å². The van der Waals surface area contributed by atoms with Crippen molar-refractivity contribution in [1.82, 2.24) is 5.32 Å². The molecular formula is C37H72NO8P. The van der Waals surface area contributed by atoms with Gasteiger partial charge in [0.05, 0.1) is 13.2 Å². The molecule has 0 saturated carbocycles. The Labute approximate surface area is 288 Å². The Morgan fingerprint density at radius 2 is 1.11 bits per heavy atom. The average molecular weight is 690 g/mol. The summed E-state index contributed by atoms with van der Waals surface area (Å²) in [6, 6.07) is 0. The molecule has 0 rings (SSSR count). The van der Waals surface area contributed by atoms with Gasteiger partial charge in [-0.25, -0.2) is 4.57 Å². The quantitative estimate of drug-likeness (QED) is 0.0256. The minimum absolute atomic E-state index is 0.0799. The highest BCUT2D eigenvalue weighted by atomic mass is 31.2. The smallest absolute Gasteiger partial charge is 0.463 e. The van der Waals surface area contributed by atoms with Gasteiger partial charge >= 0.3 is 13.8 Å². The lowest BCUT2D eigenvalue weighted by molar-refractivity contribution is -0.147. The number of esters is 1. The molecule has 278 valence electrons. The molecule has 0 aliphatic heterocycles. The number of phosphoric ester groups is 1. The van der Waals surface area contributed by atoms with E-state index in [1.165, 1.54) is 103 Å². The maximum atomic E-state index is 12.0. The molecule has 2 atom stereocenters. The number of hydrogen-bond donors (Lipinski definition) is 3. The van der Waals surface area contributed by atoms with E-state index < -0.39 is 26.5 Å². The number of ether oxygens (including phenoxy) is 1. The first-order chi connectivity index (χ1) is 22.8. The Hall–Kier alpha value is -1.25. The number of rotatable bonds is 36. The number of allylic oxidation sites excluding steroid dienone is 2. The van der Waals surface area contributed by atoms with Crippen molar-refractivity contribution in [3.05, 3.63) is 12.2 Å². The van der Waals surface area contributed by atoms with Crippen LogP contribution in [0.15, 0.2) is 12.2 Å². The highest BCUT2D eigenvalue weighted by Crippen LogP contribution is 2.42. The minimum atomic E-state index is -4.40. The predicted octanol–water partition coefficient (Wildman–Crippen LogP) is 9.88. The number of unbranched alkanes of at least 4 members (excludes halogenated alkanes) is 21. The Morgan fingerprint density at radius 3 is 1.66 bits per heavy atom. The fraction of sp³-hybridized carbons (Fsp3) is 0.892. The lowest BCUT2D eigenvalue weighted by Gasteiger charge is -2.15. The van der Waals surface area contributed by atoms with E-state index in [2.05, 4.69) is 31.3 Å². The van der Waals surface area contributed by atoms with Crippen LogP contribution in [0.4, 0.5) is 0 Å². The Kier molecular flexibility index (Phi) is 33.7. The van der Waals surface area contributed by atoms with Crippen LogP contribution in [0.1, 0.15) is 181 Å². The summed E-state index contributed by atoms with van der Waals surface area (Å²) in [5.41, 5.74) is 0. The molecule has 10 heteroatoms. The van der Waals surface area contributed by atoms with Gasteiger partial charge in [-0.05, 0) is 32.1 Å². The summed E-state index contributed by atoms with van der Waals surface area (Å²) < 4.78 is 26.7. The monoisotopic (exact) mass is 689 g/mol. The molecule has 0 aromatic heterocycles. The fourth-order valence-electron chi connectivity index (χ4n) is 5.24. The molecule has 2 unspecified atom stereocenters. The van der Waals surface area contributed by atoms with Crippen molar-refractivity contribution in [2.24, 2.45) is 0 Å². The third-order valence-electron chi connectivity index (χ3n) is 8.20. The lowest BCUT2D eigenvalue weighted by atomic mass is 10.0. The zero-order valence-electron chi connectivity index (χ0n) is 30.2. The summed E-state index contributed by atoms with van der Waals surface area (Å²) in [5, 5.41) is 12.6. The molecule has 1 amide bonds. The van der Waals surface area contributed by atoms with Gasteiger partial charge in [-0.1, -0.05) is 148 Å². The first-order valence-corrected chi connectivity index (χ1v) is 20.7. The second kappa shape index (κ2) is 34.6. The number of hydrogen-bond acceptors (Lipinski definition) is 7. The molecule has 0 radical (unpaired) electrons. The van der Waals surface area contributed by atoms with Crippen molar-refractivity contribution >= 4 is 19.7 Å². The van der Waals surface area contributed by atoms with Gasteiger partial charge in [-0.3, -0.25) is 18.6 Å². The van der Waals surface area contributed by atoms with Gasteiger partial charge in [0.2, 0.25) is 5.91 Å². The third kappa shape index (κ3) is 35.9. The molecule has 0 bridgehead atoms. The number of nitrogens with one attached hydrogen (secondary N) is 1. The van der Waals surface area contributed by atoms with Crippen molar-refractivity contribution in [3.8, 4) is 0 Å². The lowest BCUT2D eigenvalue weighted by Crippen LogP contribution is -2.27. The minimum Gasteiger partial charge on any atom is -0.463 e. The predicted molar refractivity (Wildman–Crippen MR) is 192 cm³/mol. The first kappa shape index (κ1) is 45.8. The van der Waals surface area contributed by atoms with Crippen LogP contribution in [0.25, 0.3) is 0 Å². The van der Waals surface area contributed by atoms with Gasteiger partial charge in [0.15, 0.2) is 0 Å². The van der Waals surface area contributed by atoms with Gasteiger partial charge < -0.3 is 20.1 Å². The largest absolute Gasteiger partial charge is 0.472 e. The molecule has 0 saturated heterocycles. The highest BCUT2D eigenvalue weighted by Gasteiger charge is 2.23. The number of phosphoric acid groups is 1. The van der Waals surface area contributed by atoms with Crippen LogP contribution in [0, 0.1) is 0 Å². The van der Waals surface area contributed by atoms with Crippen molar-refractivity contribution in [1.29, 1.82) is 0 Å². The maximum Gasteiger partial charge on any atom is 0.472 e. The third-order valence-corrected chi connectivity index (χ3v) is 9.18. The Bertz CT molecular complexity index is 794. The van der Waals surface area contributed by atoms with Crippen molar-refractivity contribution in [2.45, 2.75) is 187 Å². The molecule has 47 heavy (non-hydrogen) atoms. The van der Waals surface area contributed by atoms with Crippen LogP contribution in [0.3, 0.4) is 0 Å². The number of carbonyl (C=O) groups excluding carboxylic acids is 2. The second-order valence-corrected chi connectivity index (χ2v) is 14.4. The van der Waals surface area contributed by atoms with E-state index in [1.54, 1.807) is 0 Å². The van der Waals surface area contributed by atoms with Crippen LogP contribution >= 0.6 is 7.82 Å². The number of amides is 1. The molecule has 0 aliphatic carbocycles. The van der Waals surface area contributed by atoms with Crippen LogP contribution in [0.5, 0.6) is 0 Å². The van der Waals surface area contributed by atoms with Crippen molar-refractivity contribution in [3.63, 3.8) is 0 Å². The number of aliphatic hydroxyl groups excluding tert-OH is 1. The molecule has 3 N–H and O–H groups in total. The SMILES string of the molecule is CCCC/C=C\CCCCCCCC(=O)NCCOP(=O)(O)OCC(O)COC(=O)CCCCCCCCCCCCCCCCC. The summed E-state index contributed by atoms with van der Waals surface area (Å²) in [7, 11) is -4.40. The molecule has 0 aliphatic rings. The standard InChI is InChI=1S/C37H72NO8P/c1-3-5-7-9-11-13-15-16-17-18-20-22-24-26-28-30-37(41)44-33-35(39)34-46-47(42,43)45-32-31-38-36(40)29-27-25-23-21-19-14-12-10-8-6-4-2/h10,12,35,39H,3-9,11,13-34H2,1-2H3,(H,38,40)(H,42,43)/b12-10-. The van der Waals surface area contributed by atoms with E-state index in [9.17, 15) is 24.2 Å². The molecule has 0 spiro atoms. The Morgan fingerprint density at radius 1 is 0.638 bits per heavy atom. The van der Waals surface area contributed by atoms with Crippen LogP contribution in [0.2, 0.25) is 0 Å². The van der Waals surface area contributed by atoms with Crippen LogP contribution in [-0.2, 0) is 27.9 Å².